The number of phenols is 1. The summed E-state index contributed by atoms with van der Waals surface area (Å²) < 4.78 is 2.24. The maximum atomic E-state index is 10.1. The van der Waals surface area contributed by atoms with Crippen LogP contribution in [0.15, 0.2) is 19.5 Å². The van der Waals surface area contributed by atoms with Crippen molar-refractivity contribution in [3.05, 3.63) is 25.0 Å². The Morgan fingerprint density at radius 1 is 1.19 bits per heavy atom. The summed E-state index contributed by atoms with van der Waals surface area (Å²) in [7, 11) is 0. The molecular weight excluding hydrogens is 491 g/mol. The molecule has 2 rings (SSSR count). The van der Waals surface area contributed by atoms with Crippen molar-refractivity contribution in [1.29, 1.82) is 0 Å². The van der Waals surface area contributed by atoms with Crippen molar-refractivity contribution in [2.75, 3.05) is 32.8 Å². The number of piperazine rings is 1. The van der Waals surface area contributed by atoms with Gasteiger partial charge >= 0.3 is 0 Å². The lowest BCUT2D eigenvalue weighted by Crippen LogP contribution is -2.45. The monoisotopic (exact) mass is 506 g/mol. The summed E-state index contributed by atoms with van der Waals surface area (Å²) in [4.78, 5) is 2.34. The molecule has 1 heterocycles. The van der Waals surface area contributed by atoms with Gasteiger partial charge in [-0.25, -0.2) is 0 Å². The lowest BCUT2D eigenvalue weighted by Gasteiger charge is -2.36. The first kappa shape index (κ1) is 19.7. The van der Waals surface area contributed by atoms with E-state index in [1.807, 2.05) is 6.07 Å². The van der Waals surface area contributed by atoms with Gasteiger partial charge < -0.3 is 15.5 Å². The maximum Gasteiger partial charge on any atom is 0.144 e. The summed E-state index contributed by atoms with van der Waals surface area (Å²) in [6, 6.07) is 1.92. The van der Waals surface area contributed by atoms with E-state index in [1.54, 1.807) is 0 Å². The zero-order valence-electron chi connectivity index (χ0n) is 11.3. The topological polar surface area (TPSA) is 55.7 Å². The summed E-state index contributed by atoms with van der Waals surface area (Å²) in [5.41, 5.74) is 0.988. The zero-order valence-corrected chi connectivity index (χ0v) is 16.9. The molecule has 0 saturated carbocycles. The van der Waals surface area contributed by atoms with E-state index in [0.29, 0.717) is 15.4 Å². The predicted octanol–water partition coefficient (Wildman–Crippen LogP) is 3.43. The SMILES string of the molecule is Cl.OCC[C@H](c1c(Br)cc(Br)c(O)c1Br)N1CCNCC1. The number of phenolic OH excluding ortho intramolecular Hbond substituents is 1. The van der Waals surface area contributed by atoms with Crippen molar-refractivity contribution < 1.29 is 10.2 Å². The van der Waals surface area contributed by atoms with Crippen molar-refractivity contribution in [2.45, 2.75) is 12.5 Å². The van der Waals surface area contributed by atoms with Crippen LogP contribution in [0.25, 0.3) is 0 Å². The third-order valence-corrected chi connectivity index (χ3v) is 5.57. The number of halogens is 4. The number of aliphatic hydroxyl groups is 1. The average Bonchev–Trinajstić information content (AvgIpc) is 2.45. The molecular formula is C13H18Br3ClN2O2. The molecule has 0 aromatic heterocycles. The third kappa shape index (κ3) is 4.56. The van der Waals surface area contributed by atoms with Crippen LogP contribution < -0.4 is 5.32 Å². The molecule has 0 radical (unpaired) electrons. The molecule has 0 amide bonds. The molecule has 1 aromatic carbocycles. The second-order valence-electron chi connectivity index (χ2n) is 4.73. The number of aromatic hydroxyl groups is 1. The van der Waals surface area contributed by atoms with Gasteiger partial charge in [0.05, 0.1) is 8.95 Å². The van der Waals surface area contributed by atoms with Gasteiger partial charge in [0.2, 0.25) is 0 Å². The highest BCUT2D eigenvalue weighted by molar-refractivity contribution is 9.11. The molecule has 8 heteroatoms. The number of nitrogens with one attached hydrogen (secondary N) is 1. The van der Waals surface area contributed by atoms with Crippen molar-refractivity contribution in [3.63, 3.8) is 0 Å². The molecule has 0 unspecified atom stereocenters. The van der Waals surface area contributed by atoms with E-state index in [9.17, 15) is 10.2 Å². The quantitative estimate of drug-likeness (QED) is 0.583. The Balaban J connectivity index is 0.00000220. The van der Waals surface area contributed by atoms with Crippen LogP contribution in [0.1, 0.15) is 18.0 Å². The highest BCUT2D eigenvalue weighted by Gasteiger charge is 2.27. The first-order valence-corrected chi connectivity index (χ1v) is 8.86. The summed E-state index contributed by atoms with van der Waals surface area (Å²) in [5, 5.41) is 22.8. The van der Waals surface area contributed by atoms with E-state index in [-0.39, 0.29) is 30.8 Å². The number of rotatable bonds is 4. The summed E-state index contributed by atoms with van der Waals surface area (Å²) in [5.74, 6) is 0.196. The molecule has 0 bridgehead atoms. The lowest BCUT2D eigenvalue weighted by molar-refractivity contribution is 0.140. The minimum atomic E-state index is 0. The van der Waals surface area contributed by atoms with Gasteiger partial charge in [0.15, 0.2) is 0 Å². The lowest BCUT2D eigenvalue weighted by atomic mass is 10.0. The zero-order chi connectivity index (χ0) is 14.7. The maximum absolute atomic E-state index is 10.1. The molecule has 1 aliphatic rings. The number of benzene rings is 1. The Morgan fingerprint density at radius 3 is 2.38 bits per heavy atom. The molecule has 1 atom stereocenters. The highest BCUT2D eigenvalue weighted by Crippen LogP contribution is 2.44. The molecule has 1 aromatic rings. The van der Waals surface area contributed by atoms with Gasteiger partial charge in [0.25, 0.3) is 0 Å². The standard InChI is InChI=1S/C13H17Br3N2O2.ClH/c14-8-7-9(15)13(20)12(16)11(8)10(1-6-19)18-4-2-17-3-5-18;/h7,10,17,19-20H,1-6H2;1H/t10-;/m1./s1. The van der Waals surface area contributed by atoms with Crippen molar-refractivity contribution >= 4 is 60.2 Å². The van der Waals surface area contributed by atoms with E-state index in [0.717, 1.165) is 36.2 Å². The van der Waals surface area contributed by atoms with Crippen molar-refractivity contribution in [3.8, 4) is 5.75 Å². The van der Waals surface area contributed by atoms with Gasteiger partial charge in [0, 0.05) is 48.9 Å². The fourth-order valence-corrected chi connectivity index (χ4v) is 5.17. The number of hydrogen-bond donors (Lipinski definition) is 3. The van der Waals surface area contributed by atoms with Crippen LogP contribution >= 0.6 is 60.2 Å². The summed E-state index contributed by atoms with van der Waals surface area (Å²) in [6.45, 7) is 3.87. The molecule has 21 heavy (non-hydrogen) atoms. The molecule has 0 aliphatic carbocycles. The largest absolute Gasteiger partial charge is 0.506 e. The van der Waals surface area contributed by atoms with Gasteiger partial charge in [-0.05, 0) is 44.3 Å². The van der Waals surface area contributed by atoms with Gasteiger partial charge in [0.1, 0.15) is 5.75 Å². The minimum absolute atomic E-state index is 0. The molecule has 0 spiro atoms. The minimum Gasteiger partial charge on any atom is -0.506 e. The molecule has 1 fully saturated rings. The van der Waals surface area contributed by atoms with Crippen molar-refractivity contribution in [1.82, 2.24) is 10.2 Å². The summed E-state index contributed by atoms with van der Waals surface area (Å²) in [6.07, 6.45) is 0.637. The van der Waals surface area contributed by atoms with Crippen LogP contribution in [0.4, 0.5) is 0 Å². The molecule has 4 nitrogen and oxygen atoms in total. The Kier molecular flexibility index (Phi) is 8.48. The van der Waals surface area contributed by atoms with E-state index in [2.05, 4.69) is 58.0 Å². The normalized spacial score (nSPS) is 17.3. The van der Waals surface area contributed by atoms with Gasteiger partial charge in [-0.3, -0.25) is 4.90 Å². The Labute approximate surface area is 156 Å². The fourth-order valence-electron chi connectivity index (χ4n) is 2.53. The number of hydrogen-bond acceptors (Lipinski definition) is 4. The van der Waals surface area contributed by atoms with Crippen molar-refractivity contribution in [2.24, 2.45) is 0 Å². The Bertz CT molecular complexity index is 485. The smallest absolute Gasteiger partial charge is 0.144 e. The Morgan fingerprint density at radius 2 is 1.81 bits per heavy atom. The van der Waals surface area contributed by atoms with E-state index in [4.69, 9.17) is 0 Å². The first-order valence-electron chi connectivity index (χ1n) is 6.48. The van der Waals surface area contributed by atoms with Gasteiger partial charge in [-0.1, -0.05) is 15.9 Å². The van der Waals surface area contributed by atoms with Gasteiger partial charge in [-0.2, -0.15) is 0 Å². The third-order valence-electron chi connectivity index (χ3n) is 3.51. The van der Waals surface area contributed by atoms with Crippen LogP contribution in [0, 0.1) is 0 Å². The van der Waals surface area contributed by atoms with E-state index in [1.165, 1.54) is 0 Å². The molecule has 1 aliphatic heterocycles. The summed E-state index contributed by atoms with van der Waals surface area (Å²) >= 11 is 10.4. The van der Waals surface area contributed by atoms with E-state index < -0.39 is 0 Å². The fraction of sp³-hybridized carbons (Fsp3) is 0.538. The molecule has 1 saturated heterocycles. The Hall–Kier alpha value is 0.630. The van der Waals surface area contributed by atoms with Crippen LogP contribution in [0.5, 0.6) is 5.75 Å². The predicted molar refractivity (Wildman–Crippen MR) is 97.3 cm³/mol. The van der Waals surface area contributed by atoms with Crippen LogP contribution in [0.3, 0.4) is 0 Å². The highest BCUT2D eigenvalue weighted by atomic mass is 79.9. The second kappa shape index (κ2) is 9.05. The van der Waals surface area contributed by atoms with Crippen LogP contribution in [-0.4, -0.2) is 47.9 Å². The first-order chi connectivity index (χ1) is 9.56. The average molecular weight is 509 g/mol. The second-order valence-corrected chi connectivity index (χ2v) is 7.23. The molecule has 3 N–H and O–H groups in total. The number of aliphatic hydroxyl groups excluding tert-OH is 1. The molecule has 120 valence electrons. The van der Waals surface area contributed by atoms with Crippen LogP contribution in [-0.2, 0) is 0 Å². The van der Waals surface area contributed by atoms with Gasteiger partial charge in [-0.15, -0.1) is 12.4 Å². The van der Waals surface area contributed by atoms with E-state index >= 15 is 0 Å². The van der Waals surface area contributed by atoms with Crippen LogP contribution in [0.2, 0.25) is 0 Å². The number of nitrogens with zero attached hydrogens (tertiary/aromatic N) is 1.